The first-order valence-electron chi connectivity index (χ1n) is 12.0. The molecule has 0 aliphatic carbocycles. The molecule has 3 aromatic rings. The van der Waals surface area contributed by atoms with Gasteiger partial charge in [-0.3, -0.25) is 9.59 Å². The van der Waals surface area contributed by atoms with Gasteiger partial charge >= 0.3 is 7.12 Å². The monoisotopic (exact) mass is 553 g/mol. The Kier molecular flexibility index (Phi) is 9.07. The second-order valence-corrected chi connectivity index (χ2v) is 9.92. The predicted octanol–water partition coefficient (Wildman–Crippen LogP) is 3.22. The van der Waals surface area contributed by atoms with E-state index in [1.54, 1.807) is 6.07 Å². The fourth-order valence-electron chi connectivity index (χ4n) is 4.21. The van der Waals surface area contributed by atoms with Crippen LogP contribution in [0.5, 0.6) is 0 Å². The molecule has 1 aliphatic rings. The van der Waals surface area contributed by atoms with Gasteiger partial charge in [0.1, 0.15) is 0 Å². The summed E-state index contributed by atoms with van der Waals surface area (Å²) in [5, 5.41) is 30.2. The first kappa shape index (κ1) is 27.7. The van der Waals surface area contributed by atoms with Crippen molar-refractivity contribution in [2.45, 2.75) is 30.8 Å². The van der Waals surface area contributed by atoms with Crippen molar-refractivity contribution in [1.82, 2.24) is 10.6 Å². The van der Waals surface area contributed by atoms with Gasteiger partial charge in [-0.05, 0) is 35.7 Å². The van der Waals surface area contributed by atoms with Crippen LogP contribution < -0.4 is 10.6 Å². The van der Waals surface area contributed by atoms with E-state index in [-0.39, 0.29) is 36.4 Å². The standard InChI is InChI=1S/C27H26BCl2N3O5/c29-20-11-12-23(30)22(14-20)25(34)31-17-21-16-27(38-33-21,15-19-9-5-2-6-10-19)26(35)32-24(28(36)37)13-18-7-3-1-4-8-18/h1-12,14,24,36-37H,13,15-17H2,(H,31,34)(H,32,35). The Balaban J connectivity index is 1.48. The summed E-state index contributed by atoms with van der Waals surface area (Å²) in [7, 11) is -1.79. The molecule has 11 heteroatoms. The minimum absolute atomic E-state index is 0.0154. The predicted molar refractivity (Wildman–Crippen MR) is 147 cm³/mol. The van der Waals surface area contributed by atoms with Crippen LogP contribution in [0.1, 0.15) is 27.9 Å². The number of carbonyl (C=O) groups excluding carboxylic acids is 2. The number of hydrogen-bond acceptors (Lipinski definition) is 6. The molecule has 4 N–H and O–H groups in total. The van der Waals surface area contributed by atoms with Gasteiger partial charge in [-0.2, -0.15) is 0 Å². The quantitative estimate of drug-likeness (QED) is 0.287. The van der Waals surface area contributed by atoms with Crippen LogP contribution in [0.4, 0.5) is 0 Å². The van der Waals surface area contributed by atoms with E-state index in [9.17, 15) is 19.6 Å². The van der Waals surface area contributed by atoms with E-state index in [2.05, 4.69) is 15.8 Å². The molecule has 1 heterocycles. The summed E-state index contributed by atoms with van der Waals surface area (Å²) >= 11 is 12.1. The van der Waals surface area contributed by atoms with Gasteiger partial charge in [-0.1, -0.05) is 89.0 Å². The molecule has 0 saturated heterocycles. The van der Waals surface area contributed by atoms with Crippen molar-refractivity contribution >= 4 is 47.8 Å². The van der Waals surface area contributed by atoms with E-state index in [0.717, 1.165) is 11.1 Å². The lowest BCUT2D eigenvalue weighted by Crippen LogP contribution is -2.56. The third-order valence-corrected chi connectivity index (χ3v) is 6.75. The van der Waals surface area contributed by atoms with Crippen molar-refractivity contribution < 1.29 is 24.5 Å². The lowest BCUT2D eigenvalue weighted by Gasteiger charge is -2.28. The third-order valence-electron chi connectivity index (χ3n) is 6.19. The van der Waals surface area contributed by atoms with Crippen molar-refractivity contribution in [3.8, 4) is 0 Å². The van der Waals surface area contributed by atoms with Gasteiger partial charge in [0.15, 0.2) is 0 Å². The highest BCUT2D eigenvalue weighted by molar-refractivity contribution is 6.43. The highest BCUT2D eigenvalue weighted by Crippen LogP contribution is 2.29. The molecular formula is C27H26BCl2N3O5. The van der Waals surface area contributed by atoms with E-state index in [0.29, 0.717) is 10.7 Å². The normalized spacial score (nSPS) is 17.2. The number of nitrogens with one attached hydrogen (secondary N) is 2. The summed E-state index contributed by atoms with van der Waals surface area (Å²) in [4.78, 5) is 32.0. The number of rotatable bonds is 10. The zero-order valence-corrected chi connectivity index (χ0v) is 21.8. The summed E-state index contributed by atoms with van der Waals surface area (Å²) in [5.41, 5.74) is 0.867. The molecule has 0 aromatic heterocycles. The molecule has 38 heavy (non-hydrogen) atoms. The molecular weight excluding hydrogens is 528 g/mol. The molecule has 2 atom stereocenters. The van der Waals surface area contributed by atoms with Crippen molar-refractivity contribution in [2.75, 3.05) is 6.54 Å². The van der Waals surface area contributed by atoms with E-state index in [1.807, 2.05) is 60.7 Å². The largest absolute Gasteiger partial charge is 0.475 e. The molecule has 0 spiro atoms. The minimum atomic E-state index is -1.79. The summed E-state index contributed by atoms with van der Waals surface area (Å²) in [6.07, 6.45) is 0.465. The van der Waals surface area contributed by atoms with Gasteiger partial charge in [0.2, 0.25) is 5.60 Å². The van der Waals surface area contributed by atoms with Crippen LogP contribution in [0.15, 0.2) is 84.0 Å². The van der Waals surface area contributed by atoms with Gasteiger partial charge in [0, 0.05) is 17.9 Å². The average molecular weight is 554 g/mol. The van der Waals surface area contributed by atoms with E-state index in [4.69, 9.17) is 28.0 Å². The average Bonchev–Trinajstić information content (AvgIpc) is 3.33. The molecule has 196 valence electrons. The Morgan fingerprint density at radius 1 is 1.00 bits per heavy atom. The maximum absolute atomic E-state index is 13.6. The molecule has 2 unspecified atom stereocenters. The Morgan fingerprint density at radius 2 is 1.66 bits per heavy atom. The Morgan fingerprint density at radius 3 is 2.32 bits per heavy atom. The first-order valence-corrected chi connectivity index (χ1v) is 12.7. The molecule has 8 nitrogen and oxygen atoms in total. The van der Waals surface area contributed by atoms with Crippen LogP contribution in [0.2, 0.25) is 10.0 Å². The third kappa shape index (κ3) is 6.93. The van der Waals surface area contributed by atoms with E-state index in [1.165, 1.54) is 12.1 Å². The number of halogens is 2. The maximum Gasteiger partial charge on any atom is 0.475 e. The minimum Gasteiger partial charge on any atom is -0.426 e. The Hall–Kier alpha value is -3.37. The highest BCUT2D eigenvalue weighted by Gasteiger charge is 2.48. The second kappa shape index (κ2) is 12.5. The van der Waals surface area contributed by atoms with Crippen molar-refractivity contribution in [3.63, 3.8) is 0 Å². The number of hydrogen-bond donors (Lipinski definition) is 4. The fourth-order valence-corrected chi connectivity index (χ4v) is 4.59. The second-order valence-electron chi connectivity index (χ2n) is 9.07. The molecule has 0 saturated carbocycles. The smallest absolute Gasteiger partial charge is 0.426 e. The number of amides is 2. The Labute approximate surface area is 230 Å². The van der Waals surface area contributed by atoms with E-state index < -0.39 is 30.5 Å². The lowest BCUT2D eigenvalue weighted by molar-refractivity contribution is -0.144. The summed E-state index contributed by atoms with van der Waals surface area (Å²) in [5.74, 6) is -1.97. The van der Waals surface area contributed by atoms with Crippen LogP contribution in [0.3, 0.4) is 0 Å². The van der Waals surface area contributed by atoms with Gasteiger partial charge < -0.3 is 25.5 Å². The zero-order valence-electron chi connectivity index (χ0n) is 20.3. The Bertz CT molecular complexity index is 1310. The molecule has 0 fully saturated rings. The van der Waals surface area contributed by atoms with Gasteiger partial charge in [-0.25, -0.2) is 0 Å². The molecule has 1 aliphatic heterocycles. The maximum atomic E-state index is 13.6. The molecule has 0 bridgehead atoms. The lowest BCUT2D eigenvalue weighted by atomic mass is 9.75. The zero-order chi connectivity index (χ0) is 27.1. The van der Waals surface area contributed by atoms with Crippen molar-refractivity contribution in [2.24, 2.45) is 5.16 Å². The van der Waals surface area contributed by atoms with Gasteiger partial charge in [0.25, 0.3) is 11.8 Å². The molecule has 2 amide bonds. The molecule has 0 radical (unpaired) electrons. The van der Waals surface area contributed by atoms with Crippen LogP contribution in [0, 0.1) is 0 Å². The van der Waals surface area contributed by atoms with Crippen LogP contribution in [-0.2, 0) is 22.5 Å². The SMILES string of the molecule is O=C(NCC1=NOC(Cc2ccccc2)(C(=O)NC(Cc2ccccc2)B(O)O)C1)c1cc(Cl)ccc1Cl. The van der Waals surface area contributed by atoms with Crippen LogP contribution in [0.25, 0.3) is 0 Å². The van der Waals surface area contributed by atoms with Crippen molar-refractivity contribution in [1.29, 1.82) is 0 Å². The highest BCUT2D eigenvalue weighted by atomic mass is 35.5. The van der Waals surface area contributed by atoms with Gasteiger partial charge in [-0.15, -0.1) is 0 Å². The number of carbonyl (C=O) groups is 2. The molecule has 4 rings (SSSR count). The summed E-state index contributed by atoms with van der Waals surface area (Å²) in [6.45, 7) is 0.0154. The molecule has 3 aromatic carbocycles. The van der Waals surface area contributed by atoms with Crippen LogP contribution in [-0.4, -0.2) is 52.8 Å². The first-order chi connectivity index (χ1) is 18.3. The number of nitrogens with zero attached hydrogens (tertiary/aromatic N) is 1. The van der Waals surface area contributed by atoms with Crippen molar-refractivity contribution in [3.05, 3.63) is 106 Å². The van der Waals surface area contributed by atoms with Gasteiger partial charge in [0.05, 0.1) is 28.8 Å². The summed E-state index contributed by atoms with van der Waals surface area (Å²) in [6, 6.07) is 23.1. The summed E-state index contributed by atoms with van der Waals surface area (Å²) < 4.78 is 0. The fraction of sp³-hybridized carbons (Fsp3) is 0.222. The topological polar surface area (TPSA) is 120 Å². The van der Waals surface area contributed by atoms with Crippen LogP contribution >= 0.6 is 23.2 Å². The number of benzene rings is 3. The van der Waals surface area contributed by atoms with E-state index >= 15 is 0 Å². The number of oxime groups is 1.